The molecule has 0 fully saturated rings. The molecule has 0 aliphatic carbocycles. The van der Waals surface area contributed by atoms with Gasteiger partial charge in [0.25, 0.3) is 0 Å². The SMILES string of the molecule is N#Cc1ccc[n+](S(=O)(=O)C(F)(F)F)c1. The average molecular weight is 237 g/mol. The van der Waals surface area contributed by atoms with Gasteiger partial charge < -0.3 is 0 Å². The summed E-state index contributed by atoms with van der Waals surface area (Å²) in [7, 11) is -5.44. The van der Waals surface area contributed by atoms with Gasteiger partial charge in [0.1, 0.15) is 11.6 Å². The maximum Gasteiger partial charge on any atom is 0.560 e. The first-order chi connectivity index (χ1) is 6.79. The molecule has 0 unspecified atom stereocenters. The second kappa shape index (κ2) is 3.51. The van der Waals surface area contributed by atoms with Crippen LogP contribution in [0.25, 0.3) is 0 Å². The lowest BCUT2D eigenvalue weighted by molar-refractivity contribution is -0.518. The molecule has 0 aliphatic rings. The minimum atomic E-state index is -5.44. The quantitative estimate of drug-likeness (QED) is 0.670. The molecule has 0 N–H and O–H groups in total. The van der Waals surface area contributed by atoms with Crippen molar-refractivity contribution >= 4 is 10.0 Å². The molecule has 1 rings (SSSR count). The predicted octanol–water partition coefficient (Wildman–Crippen LogP) is 0.543. The molecule has 0 radical (unpaired) electrons. The van der Waals surface area contributed by atoms with Gasteiger partial charge in [0.2, 0.25) is 6.20 Å². The lowest BCUT2D eigenvalue weighted by atomic mass is 10.3. The molecule has 80 valence electrons. The molecule has 4 nitrogen and oxygen atoms in total. The summed E-state index contributed by atoms with van der Waals surface area (Å²) in [5.41, 5.74) is -5.56. The van der Waals surface area contributed by atoms with Crippen molar-refractivity contribution in [1.82, 2.24) is 0 Å². The van der Waals surface area contributed by atoms with E-state index in [1.807, 2.05) is 0 Å². The van der Waals surface area contributed by atoms with E-state index in [0.717, 1.165) is 6.07 Å². The molecule has 0 bridgehead atoms. The van der Waals surface area contributed by atoms with Crippen molar-refractivity contribution < 1.29 is 25.6 Å². The molecular weight excluding hydrogens is 233 g/mol. The summed E-state index contributed by atoms with van der Waals surface area (Å²) in [4.78, 5) is 0. The van der Waals surface area contributed by atoms with Crippen LogP contribution < -0.4 is 3.97 Å². The van der Waals surface area contributed by atoms with Crippen LogP contribution in [0.1, 0.15) is 5.56 Å². The van der Waals surface area contributed by atoms with Gasteiger partial charge in [-0.2, -0.15) is 26.9 Å². The summed E-state index contributed by atoms with van der Waals surface area (Å²) in [6.45, 7) is 0. The van der Waals surface area contributed by atoms with Crippen LogP contribution >= 0.6 is 0 Å². The summed E-state index contributed by atoms with van der Waals surface area (Å²) >= 11 is 0. The largest absolute Gasteiger partial charge is 0.560 e. The molecule has 0 atom stereocenters. The molecule has 0 aliphatic heterocycles. The topological polar surface area (TPSA) is 61.8 Å². The standard InChI is InChI=1S/C7H4F3N2O2S/c8-7(9,10)15(13,14)12-3-1-2-6(4-11)5-12/h1-3,5H/q+1. The van der Waals surface area contributed by atoms with Crippen LogP contribution in [0.2, 0.25) is 0 Å². The van der Waals surface area contributed by atoms with Gasteiger partial charge in [0, 0.05) is 6.07 Å². The van der Waals surface area contributed by atoms with E-state index < -0.39 is 15.5 Å². The molecular formula is C7H4F3N2O2S+. The Hall–Kier alpha value is -1.62. The Morgan fingerprint density at radius 3 is 2.47 bits per heavy atom. The minimum absolute atomic E-state index is 0.0362. The van der Waals surface area contributed by atoms with E-state index in [0.29, 0.717) is 12.4 Å². The van der Waals surface area contributed by atoms with Crippen molar-refractivity contribution in [2.24, 2.45) is 0 Å². The summed E-state index contributed by atoms with van der Waals surface area (Å²) < 4.78 is 57.9. The van der Waals surface area contributed by atoms with Gasteiger partial charge in [-0.1, -0.05) is 3.97 Å². The maximum absolute atomic E-state index is 12.1. The number of hydrogen-bond acceptors (Lipinski definition) is 3. The van der Waals surface area contributed by atoms with Gasteiger partial charge in [-0.05, 0) is 6.07 Å². The first kappa shape index (κ1) is 11.5. The highest BCUT2D eigenvalue weighted by Crippen LogP contribution is 2.21. The van der Waals surface area contributed by atoms with E-state index in [-0.39, 0.29) is 9.54 Å². The van der Waals surface area contributed by atoms with Crippen LogP contribution in [0.5, 0.6) is 0 Å². The van der Waals surface area contributed by atoms with Crippen LogP contribution in [0.15, 0.2) is 24.5 Å². The highest BCUT2D eigenvalue weighted by atomic mass is 32.2. The minimum Gasteiger partial charge on any atom is -0.192 e. The normalized spacial score (nSPS) is 12.1. The zero-order valence-corrected chi connectivity index (χ0v) is 7.88. The number of pyridine rings is 1. The van der Waals surface area contributed by atoms with Gasteiger partial charge in [-0.15, -0.1) is 0 Å². The van der Waals surface area contributed by atoms with E-state index in [9.17, 15) is 21.6 Å². The van der Waals surface area contributed by atoms with Crippen molar-refractivity contribution in [2.75, 3.05) is 0 Å². The Morgan fingerprint density at radius 1 is 1.40 bits per heavy atom. The monoisotopic (exact) mass is 237 g/mol. The fourth-order valence-electron chi connectivity index (χ4n) is 0.790. The second-order valence-electron chi connectivity index (χ2n) is 2.49. The number of halogens is 3. The van der Waals surface area contributed by atoms with Crippen molar-refractivity contribution in [2.45, 2.75) is 5.51 Å². The average Bonchev–Trinajstić information content (AvgIpc) is 2.16. The van der Waals surface area contributed by atoms with E-state index in [4.69, 9.17) is 5.26 Å². The second-order valence-corrected chi connectivity index (χ2v) is 4.32. The molecule has 8 heteroatoms. The summed E-state index contributed by atoms with van der Waals surface area (Å²) in [6, 6.07) is 3.78. The van der Waals surface area contributed by atoms with Gasteiger partial charge in [0.05, 0.1) is 0 Å². The van der Waals surface area contributed by atoms with Crippen LogP contribution in [0.4, 0.5) is 13.2 Å². The van der Waals surface area contributed by atoms with Gasteiger partial charge in [-0.25, -0.2) is 0 Å². The lowest BCUT2D eigenvalue weighted by Crippen LogP contribution is -2.50. The number of nitrogens with zero attached hydrogens (tertiary/aromatic N) is 2. The van der Waals surface area contributed by atoms with Gasteiger partial charge in [-0.3, -0.25) is 0 Å². The zero-order valence-electron chi connectivity index (χ0n) is 7.06. The van der Waals surface area contributed by atoms with Crippen molar-refractivity contribution in [1.29, 1.82) is 5.26 Å². The van der Waals surface area contributed by atoms with Crippen LogP contribution in [-0.4, -0.2) is 13.9 Å². The summed E-state index contributed by atoms with van der Waals surface area (Å²) in [6.07, 6.45) is 1.31. The number of aromatic nitrogens is 1. The van der Waals surface area contributed by atoms with E-state index in [1.54, 1.807) is 0 Å². The summed E-state index contributed by atoms with van der Waals surface area (Å²) in [5.74, 6) is 0. The van der Waals surface area contributed by atoms with Gasteiger partial charge >= 0.3 is 15.5 Å². The summed E-state index contributed by atoms with van der Waals surface area (Å²) in [5, 5.41) is 8.39. The van der Waals surface area contributed by atoms with E-state index >= 15 is 0 Å². The first-order valence-corrected chi connectivity index (χ1v) is 4.96. The number of nitriles is 1. The zero-order chi connectivity index (χ0) is 11.7. The van der Waals surface area contributed by atoms with Crippen LogP contribution in [0.3, 0.4) is 0 Å². The third-order valence-electron chi connectivity index (χ3n) is 1.47. The third kappa shape index (κ3) is 2.07. The molecule has 1 heterocycles. The van der Waals surface area contributed by atoms with E-state index in [1.165, 1.54) is 12.1 Å². The Morgan fingerprint density at radius 2 is 2.00 bits per heavy atom. The molecule has 0 aromatic carbocycles. The smallest absolute Gasteiger partial charge is 0.192 e. The molecule has 15 heavy (non-hydrogen) atoms. The molecule has 1 aromatic rings. The Balaban J connectivity index is 3.37. The molecule has 0 saturated heterocycles. The highest BCUT2D eigenvalue weighted by molar-refractivity contribution is 7.85. The van der Waals surface area contributed by atoms with Crippen molar-refractivity contribution in [3.8, 4) is 6.07 Å². The van der Waals surface area contributed by atoms with Crippen molar-refractivity contribution in [3.05, 3.63) is 30.1 Å². The Labute approximate surface area is 83.2 Å². The Kier molecular flexibility index (Phi) is 2.68. The fourth-order valence-corrected chi connectivity index (χ4v) is 1.51. The Bertz CT molecular complexity index is 516. The lowest BCUT2D eigenvalue weighted by Gasteiger charge is -2.01. The molecule has 0 spiro atoms. The number of hydrogen-bond donors (Lipinski definition) is 0. The molecule has 0 amide bonds. The van der Waals surface area contributed by atoms with Crippen LogP contribution in [0, 0.1) is 11.3 Å². The first-order valence-electron chi connectivity index (χ1n) is 3.52. The van der Waals surface area contributed by atoms with Crippen LogP contribution in [-0.2, 0) is 10.0 Å². The van der Waals surface area contributed by atoms with Gasteiger partial charge in [0.15, 0.2) is 6.20 Å². The van der Waals surface area contributed by atoms with Crippen molar-refractivity contribution in [3.63, 3.8) is 0 Å². The number of alkyl halides is 3. The number of rotatable bonds is 1. The fraction of sp³-hybridized carbons (Fsp3) is 0.143. The van der Waals surface area contributed by atoms with E-state index in [2.05, 4.69) is 0 Å². The highest BCUT2D eigenvalue weighted by Gasteiger charge is 2.54. The maximum atomic E-state index is 12.1. The predicted molar refractivity (Wildman–Crippen MR) is 41.7 cm³/mol. The third-order valence-corrected chi connectivity index (χ3v) is 2.84. The molecule has 1 aromatic heterocycles. The molecule has 0 saturated carbocycles.